The molecule has 0 amide bonds. The van der Waals surface area contributed by atoms with Gasteiger partial charge in [-0.1, -0.05) is 24.3 Å². The van der Waals surface area contributed by atoms with Crippen molar-refractivity contribution in [1.29, 1.82) is 0 Å². The fourth-order valence-electron chi connectivity index (χ4n) is 1.75. The molecule has 0 aliphatic carbocycles. The highest BCUT2D eigenvalue weighted by Gasteiger charge is 2.19. The number of aliphatic hydroxyl groups is 1. The summed E-state index contributed by atoms with van der Waals surface area (Å²) in [7, 11) is 0. The minimum Gasteiger partial charge on any atom is -0.390 e. The predicted octanol–water partition coefficient (Wildman–Crippen LogP) is -0.333. The highest BCUT2D eigenvalue weighted by atomic mass is 16.3. The summed E-state index contributed by atoms with van der Waals surface area (Å²) in [6.45, 7) is 1.30. The quantitative estimate of drug-likeness (QED) is 0.586. The number of fused-ring (bicyclic) bond motifs is 1. The van der Waals surface area contributed by atoms with Gasteiger partial charge in [0.15, 0.2) is 0 Å². The molecular formula is C10H14NO+. The summed E-state index contributed by atoms with van der Waals surface area (Å²) < 4.78 is 0. The average Bonchev–Trinajstić information content (AvgIpc) is 2.17. The van der Waals surface area contributed by atoms with Gasteiger partial charge in [0.05, 0.1) is 6.61 Å². The largest absolute Gasteiger partial charge is 0.390 e. The molecule has 0 spiro atoms. The third-order valence-corrected chi connectivity index (χ3v) is 2.51. The van der Waals surface area contributed by atoms with Gasteiger partial charge in [0.25, 0.3) is 0 Å². The van der Waals surface area contributed by atoms with Crippen LogP contribution in [0.25, 0.3) is 0 Å². The second-order valence-electron chi connectivity index (χ2n) is 3.36. The van der Waals surface area contributed by atoms with Crippen LogP contribution in [0.1, 0.15) is 11.1 Å². The SMILES string of the molecule is OCC1Cc2ccccc2C[NH2+]1. The van der Waals surface area contributed by atoms with Gasteiger partial charge in [0.2, 0.25) is 0 Å². The van der Waals surface area contributed by atoms with Crippen molar-refractivity contribution in [3.63, 3.8) is 0 Å². The van der Waals surface area contributed by atoms with Crippen LogP contribution in [0.5, 0.6) is 0 Å². The molecule has 0 fully saturated rings. The van der Waals surface area contributed by atoms with E-state index in [1.807, 2.05) is 0 Å². The molecule has 1 aliphatic rings. The van der Waals surface area contributed by atoms with E-state index in [0.29, 0.717) is 6.04 Å². The maximum atomic E-state index is 8.99. The Bertz CT molecular complexity index is 272. The second kappa shape index (κ2) is 3.25. The van der Waals surface area contributed by atoms with Gasteiger partial charge in [-0.3, -0.25) is 0 Å². The topological polar surface area (TPSA) is 36.8 Å². The van der Waals surface area contributed by atoms with Crippen LogP contribution in [0.15, 0.2) is 24.3 Å². The Labute approximate surface area is 72.2 Å². The zero-order valence-electron chi connectivity index (χ0n) is 7.03. The molecule has 2 nitrogen and oxygen atoms in total. The van der Waals surface area contributed by atoms with Crippen molar-refractivity contribution >= 4 is 0 Å². The van der Waals surface area contributed by atoms with Crippen molar-refractivity contribution in [2.75, 3.05) is 6.61 Å². The van der Waals surface area contributed by atoms with Crippen molar-refractivity contribution in [3.8, 4) is 0 Å². The lowest BCUT2D eigenvalue weighted by Gasteiger charge is -2.20. The van der Waals surface area contributed by atoms with Gasteiger partial charge in [0.1, 0.15) is 12.6 Å². The van der Waals surface area contributed by atoms with Crippen LogP contribution in [0.2, 0.25) is 0 Å². The van der Waals surface area contributed by atoms with Gasteiger partial charge in [-0.05, 0) is 5.56 Å². The zero-order valence-corrected chi connectivity index (χ0v) is 7.03. The van der Waals surface area contributed by atoms with Crippen LogP contribution < -0.4 is 5.32 Å². The molecule has 0 saturated heterocycles. The van der Waals surface area contributed by atoms with Crippen molar-refractivity contribution in [1.82, 2.24) is 0 Å². The van der Waals surface area contributed by atoms with Gasteiger partial charge in [-0.25, -0.2) is 0 Å². The first kappa shape index (κ1) is 7.77. The molecule has 0 bridgehead atoms. The molecule has 1 aliphatic heterocycles. The number of rotatable bonds is 1. The number of hydrogen-bond donors (Lipinski definition) is 2. The Hall–Kier alpha value is -0.860. The molecule has 1 aromatic rings. The van der Waals surface area contributed by atoms with Crippen LogP contribution in [0.4, 0.5) is 0 Å². The second-order valence-corrected chi connectivity index (χ2v) is 3.36. The molecule has 0 aromatic heterocycles. The lowest BCUT2D eigenvalue weighted by Crippen LogP contribution is -2.91. The van der Waals surface area contributed by atoms with Crippen LogP contribution in [0, 0.1) is 0 Å². The standard InChI is InChI=1S/C10H13NO/c12-7-10-5-8-3-1-2-4-9(8)6-11-10/h1-4,10-12H,5-7H2/p+1. The molecule has 1 heterocycles. The van der Waals surface area contributed by atoms with Gasteiger partial charge in [-0.15, -0.1) is 0 Å². The fraction of sp³-hybridized carbons (Fsp3) is 0.400. The van der Waals surface area contributed by atoms with Crippen LogP contribution in [-0.2, 0) is 13.0 Å². The van der Waals surface area contributed by atoms with Crippen molar-refractivity contribution in [2.45, 2.75) is 19.0 Å². The molecule has 3 N–H and O–H groups in total. The third kappa shape index (κ3) is 1.36. The highest BCUT2D eigenvalue weighted by Crippen LogP contribution is 2.11. The third-order valence-electron chi connectivity index (χ3n) is 2.51. The van der Waals surface area contributed by atoms with Gasteiger partial charge in [0, 0.05) is 12.0 Å². The molecule has 1 unspecified atom stereocenters. The van der Waals surface area contributed by atoms with Crippen LogP contribution in [0.3, 0.4) is 0 Å². The van der Waals surface area contributed by atoms with E-state index in [0.717, 1.165) is 13.0 Å². The molecule has 2 heteroatoms. The van der Waals surface area contributed by atoms with E-state index in [1.165, 1.54) is 11.1 Å². The van der Waals surface area contributed by atoms with E-state index in [4.69, 9.17) is 5.11 Å². The maximum absolute atomic E-state index is 8.99. The Morgan fingerprint density at radius 2 is 2.08 bits per heavy atom. The number of benzene rings is 1. The van der Waals surface area contributed by atoms with Crippen molar-refractivity contribution in [2.24, 2.45) is 0 Å². The Kier molecular flexibility index (Phi) is 2.11. The number of hydrogen-bond acceptors (Lipinski definition) is 1. The zero-order chi connectivity index (χ0) is 8.39. The minimum absolute atomic E-state index is 0.286. The lowest BCUT2D eigenvalue weighted by molar-refractivity contribution is -0.709. The van der Waals surface area contributed by atoms with Crippen LogP contribution >= 0.6 is 0 Å². The molecule has 0 saturated carbocycles. The van der Waals surface area contributed by atoms with Gasteiger partial charge >= 0.3 is 0 Å². The molecule has 12 heavy (non-hydrogen) atoms. The molecule has 1 atom stereocenters. The number of aliphatic hydroxyl groups excluding tert-OH is 1. The molecule has 0 radical (unpaired) electrons. The number of nitrogens with two attached hydrogens (primary N) is 1. The number of quaternary nitrogens is 1. The minimum atomic E-state index is 0.286. The Balaban J connectivity index is 2.23. The normalized spacial score (nSPS) is 21.9. The summed E-state index contributed by atoms with van der Waals surface area (Å²) in [4.78, 5) is 0. The summed E-state index contributed by atoms with van der Waals surface area (Å²) in [5.41, 5.74) is 2.82. The van der Waals surface area contributed by atoms with Crippen molar-refractivity contribution in [3.05, 3.63) is 35.4 Å². The molecular weight excluding hydrogens is 150 g/mol. The molecule has 2 rings (SSSR count). The molecule has 64 valence electrons. The Morgan fingerprint density at radius 1 is 1.33 bits per heavy atom. The smallest absolute Gasteiger partial charge is 0.114 e. The maximum Gasteiger partial charge on any atom is 0.114 e. The highest BCUT2D eigenvalue weighted by molar-refractivity contribution is 5.27. The van der Waals surface area contributed by atoms with Gasteiger partial charge < -0.3 is 10.4 Å². The first-order chi connectivity index (χ1) is 5.90. The predicted molar refractivity (Wildman–Crippen MR) is 46.6 cm³/mol. The first-order valence-corrected chi connectivity index (χ1v) is 4.41. The fourth-order valence-corrected chi connectivity index (χ4v) is 1.75. The summed E-state index contributed by atoms with van der Waals surface area (Å²) in [5.74, 6) is 0. The summed E-state index contributed by atoms with van der Waals surface area (Å²) in [6, 6.07) is 8.84. The van der Waals surface area contributed by atoms with E-state index in [1.54, 1.807) is 0 Å². The van der Waals surface area contributed by atoms with E-state index < -0.39 is 0 Å². The van der Waals surface area contributed by atoms with E-state index >= 15 is 0 Å². The van der Waals surface area contributed by atoms with E-state index in [2.05, 4.69) is 29.6 Å². The van der Waals surface area contributed by atoms with Gasteiger partial charge in [-0.2, -0.15) is 0 Å². The van der Waals surface area contributed by atoms with E-state index in [9.17, 15) is 0 Å². The summed E-state index contributed by atoms with van der Waals surface area (Å²) >= 11 is 0. The van der Waals surface area contributed by atoms with Crippen LogP contribution in [-0.4, -0.2) is 17.8 Å². The Morgan fingerprint density at radius 3 is 2.83 bits per heavy atom. The summed E-state index contributed by atoms with van der Waals surface area (Å²) in [5, 5.41) is 11.2. The molecule has 1 aromatic carbocycles. The monoisotopic (exact) mass is 164 g/mol. The average molecular weight is 164 g/mol. The van der Waals surface area contributed by atoms with Crippen molar-refractivity contribution < 1.29 is 10.4 Å². The summed E-state index contributed by atoms with van der Waals surface area (Å²) in [6.07, 6.45) is 1.01. The van der Waals surface area contributed by atoms with E-state index in [-0.39, 0.29) is 6.61 Å². The first-order valence-electron chi connectivity index (χ1n) is 4.41. The lowest BCUT2D eigenvalue weighted by atomic mass is 9.96.